The molecule has 0 unspecified atom stereocenters. The van der Waals surface area contributed by atoms with Crippen LogP contribution in [0.5, 0.6) is 0 Å². The summed E-state index contributed by atoms with van der Waals surface area (Å²) in [6, 6.07) is 23.9. The van der Waals surface area contributed by atoms with Crippen LogP contribution in [0.25, 0.3) is 11.1 Å². The van der Waals surface area contributed by atoms with E-state index in [1.54, 1.807) is 9.80 Å². The van der Waals surface area contributed by atoms with Crippen molar-refractivity contribution in [3.05, 3.63) is 104 Å². The predicted molar refractivity (Wildman–Crippen MR) is 131 cm³/mol. The van der Waals surface area contributed by atoms with E-state index >= 15 is 0 Å². The Bertz CT molecular complexity index is 1260. The van der Waals surface area contributed by atoms with Gasteiger partial charge in [-0.2, -0.15) is 0 Å². The van der Waals surface area contributed by atoms with Crippen LogP contribution in [-0.2, 0) is 22.7 Å². The molecule has 0 aliphatic carbocycles. The summed E-state index contributed by atoms with van der Waals surface area (Å²) in [6.45, 7) is 0.971. The fourth-order valence-electron chi connectivity index (χ4n) is 4.37. The van der Waals surface area contributed by atoms with Crippen LogP contribution < -0.4 is 9.80 Å². The molecule has 0 fully saturated rings. The summed E-state index contributed by atoms with van der Waals surface area (Å²) >= 11 is 3.05. The highest BCUT2D eigenvalue weighted by Gasteiger charge is 2.43. The van der Waals surface area contributed by atoms with E-state index in [9.17, 15) is 9.59 Å². The molecule has 4 aromatic rings. The SMILES string of the molecule is O=C1/C(=C2/C(=O)N(Cc3ccccc3)c3ccsc32)c2sccc2N1Cc1ccccc1. The molecule has 2 aromatic carbocycles. The number of hydrogen-bond acceptors (Lipinski definition) is 4. The molecule has 0 bridgehead atoms. The maximum atomic E-state index is 13.7. The molecular formula is C26H18N2O2S2. The topological polar surface area (TPSA) is 40.6 Å². The monoisotopic (exact) mass is 454 g/mol. The smallest absolute Gasteiger partial charge is 0.261 e. The number of anilines is 2. The molecule has 2 aliphatic heterocycles. The number of benzene rings is 2. The maximum absolute atomic E-state index is 13.7. The number of carbonyl (C=O) groups excluding carboxylic acids is 2. The van der Waals surface area contributed by atoms with E-state index in [0.29, 0.717) is 24.2 Å². The second kappa shape index (κ2) is 7.58. The Morgan fingerprint density at radius 1 is 0.562 bits per heavy atom. The highest BCUT2D eigenvalue weighted by molar-refractivity contribution is 7.14. The number of fused-ring (bicyclic) bond motifs is 2. The van der Waals surface area contributed by atoms with Gasteiger partial charge in [-0.05, 0) is 34.0 Å². The Kier molecular flexibility index (Phi) is 4.56. The molecule has 4 nitrogen and oxygen atoms in total. The van der Waals surface area contributed by atoms with Crippen molar-refractivity contribution < 1.29 is 9.59 Å². The summed E-state index contributed by atoms with van der Waals surface area (Å²) in [5.74, 6) is -0.195. The first-order valence-corrected chi connectivity index (χ1v) is 12.1. The zero-order valence-electron chi connectivity index (χ0n) is 17.0. The van der Waals surface area contributed by atoms with Crippen LogP contribution in [0.1, 0.15) is 20.9 Å². The van der Waals surface area contributed by atoms with E-state index in [1.807, 2.05) is 83.6 Å². The number of rotatable bonds is 4. The molecule has 0 spiro atoms. The molecule has 2 aromatic heterocycles. The van der Waals surface area contributed by atoms with Gasteiger partial charge in [0.05, 0.1) is 45.4 Å². The van der Waals surface area contributed by atoms with Crippen LogP contribution in [0.2, 0.25) is 0 Å². The highest BCUT2D eigenvalue weighted by Crippen LogP contribution is 2.50. The van der Waals surface area contributed by atoms with Crippen LogP contribution in [0.4, 0.5) is 11.4 Å². The number of carbonyl (C=O) groups is 2. The van der Waals surface area contributed by atoms with Crippen molar-refractivity contribution in [3.63, 3.8) is 0 Å². The Hall–Kier alpha value is -3.48. The molecule has 0 radical (unpaired) electrons. The van der Waals surface area contributed by atoms with Crippen molar-refractivity contribution in [1.29, 1.82) is 0 Å². The zero-order valence-corrected chi connectivity index (χ0v) is 18.7. The number of nitrogens with zero attached hydrogens (tertiary/aromatic N) is 2. The lowest BCUT2D eigenvalue weighted by atomic mass is 10.1. The van der Waals surface area contributed by atoms with Gasteiger partial charge in [0.2, 0.25) is 0 Å². The van der Waals surface area contributed by atoms with Gasteiger partial charge in [0.15, 0.2) is 0 Å². The van der Waals surface area contributed by atoms with Gasteiger partial charge in [-0.3, -0.25) is 9.59 Å². The Morgan fingerprint density at radius 3 is 1.38 bits per heavy atom. The second-order valence-corrected chi connectivity index (χ2v) is 9.61. The van der Waals surface area contributed by atoms with Gasteiger partial charge in [0, 0.05) is 0 Å². The first-order valence-electron chi connectivity index (χ1n) is 10.3. The fraction of sp³-hybridized carbons (Fsp3) is 0.0769. The minimum Gasteiger partial charge on any atom is -0.302 e. The third kappa shape index (κ3) is 2.95. The predicted octanol–water partition coefficient (Wildman–Crippen LogP) is 5.81. The van der Waals surface area contributed by atoms with Crippen molar-refractivity contribution in [2.75, 3.05) is 9.80 Å². The first-order chi connectivity index (χ1) is 15.7. The molecule has 0 atom stereocenters. The van der Waals surface area contributed by atoms with E-state index in [1.165, 1.54) is 22.7 Å². The second-order valence-electron chi connectivity index (χ2n) is 7.77. The quantitative estimate of drug-likeness (QED) is 0.365. The van der Waals surface area contributed by atoms with Crippen LogP contribution in [0.15, 0.2) is 83.6 Å². The summed E-state index contributed by atoms with van der Waals surface area (Å²) in [5, 5.41) is 3.98. The van der Waals surface area contributed by atoms with Crippen LogP contribution in [-0.4, -0.2) is 11.8 Å². The maximum Gasteiger partial charge on any atom is 0.261 e. The van der Waals surface area contributed by atoms with E-state index in [0.717, 1.165) is 32.3 Å². The van der Waals surface area contributed by atoms with Gasteiger partial charge in [-0.15, -0.1) is 22.7 Å². The minimum atomic E-state index is -0.0973. The fourth-order valence-corrected chi connectivity index (χ4v) is 6.25. The van der Waals surface area contributed by atoms with E-state index in [4.69, 9.17) is 0 Å². The summed E-state index contributed by atoms with van der Waals surface area (Å²) < 4.78 is 0. The third-order valence-corrected chi connectivity index (χ3v) is 7.70. The van der Waals surface area contributed by atoms with Crippen LogP contribution in [0, 0.1) is 0 Å². The molecule has 0 saturated carbocycles. The summed E-state index contributed by atoms with van der Waals surface area (Å²) in [4.78, 5) is 32.7. The third-order valence-electron chi connectivity index (χ3n) is 5.86. The largest absolute Gasteiger partial charge is 0.302 e. The van der Waals surface area contributed by atoms with Crippen molar-refractivity contribution in [1.82, 2.24) is 0 Å². The van der Waals surface area contributed by atoms with Crippen LogP contribution in [0.3, 0.4) is 0 Å². The molecule has 6 heteroatoms. The lowest BCUT2D eigenvalue weighted by molar-refractivity contribution is -0.114. The number of hydrogen-bond donors (Lipinski definition) is 0. The van der Waals surface area contributed by atoms with Gasteiger partial charge in [0.25, 0.3) is 11.8 Å². The Morgan fingerprint density at radius 2 is 0.969 bits per heavy atom. The van der Waals surface area contributed by atoms with Gasteiger partial charge in [0.1, 0.15) is 0 Å². The standard InChI is InChI=1S/C26H18N2O2S2/c29-25-21(23-19(11-13-31-23)27(25)15-17-7-3-1-4-8-17)22-24-20(12-14-32-24)28(26(22)30)16-18-9-5-2-6-10-18/h1-14H,15-16H2/b22-21+. The van der Waals surface area contributed by atoms with Crippen molar-refractivity contribution in [2.24, 2.45) is 0 Å². The van der Waals surface area contributed by atoms with Crippen molar-refractivity contribution in [2.45, 2.75) is 13.1 Å². The molecule has 6 rings (SSSR count). The Balaban J connectivity index is 1.44. The lowest BCUT2D eigenvalue weighted by Crippen LogP contribution is -2.28. The molecule has 4 heterocycles. The molecule has 32 heavy (non-hydrogen) atoms. The van der Waals surface area contributed by atoms with Gasteiger partial charge in [-0.1, -0.05) is 60.7 Å². The van der Waals surface area contributed by atoms with Gasteiger partial charge < -0.3 is 9.80 Å². The molecule has 156 valence electrons. The molecule has 0 saturated heterocycles. The average molecular weight is 455 g/mol. The summed E-state index contributed by atoms with van der Waals surface area (Å²) in [6.07, 6.45) is 0. The van der Waals surface area contributed by atoms with E-state index in [-0.39, 0.29) is 11.8 Å². The molecule has 0 N–H and O–H groups in total. The molecular weight excluding hydrogens is 436 g/mol. The minimum absolute atomic E-state index is 0.0973. The molecule has 2 aliphatic rings. The van der Waals surface area contributed by atoms with Gasteiger partial charge >= 0.3 is 0 Å². The van der Waals surface area contributed by atoms with Crippen molar-refractivity contribution >= 4 is 57.0 Å². The lowest BCUT2D eigenvalue weighted by Gasteiger charge is -2.17. The molecule has 2 amide bonds. The normalized spacial score (nSPS) is 17.2. The first kappa shape index (κ1) is 19.2. The van der Waals surface area contributed by atoms with Crippen molar-refractivity contribution in [3.8, 4) is 0 Å². The summed E-state index contributed by atoms with van der Waals surface area (Å²) in [7, 11) is 0. The number of amides is 2. The Labute approximate surface area is 193 Å². The highest BCUT2D eigenvalue weighted by atomic mass is 32.1. The van der Waals surface area contributed by atoms with E-state index in [2.05, 4.69) is 0 Å². The van der Waals surface area contributed by atoms with E-state index < -0.39 is 0 Å². The summed E-state index contributed by atoms with van der Waals surface area (Å²) in [5.41, 5.74) is 4.97. The average Bonchev–Trinajstić information content (AvgIpc) is 3.57. The van der Waals surface area contributed by atoms with Gasteiger partial charge in [-0.25, -0.2) is 0 Å². The van der Waals surface area contributed by atoms with Crippen LogP contribution >= 0.6 is 22.7 Å². The zero-order chi connectivity index (χ0) is 21.7. The number of thiophene rings is 2.